The van der Waals surface area contributed by atoms with Gasteiger partial charge in [-0.25, -0.2) is 0 Å². The van der Waals surface area contributed by atoms with Crippen LogP contribution in [0.4, 0.5) is 0 Å². The van der Waals surface area contributed by atoms with E-state index in [1.165, 1.54) is 5.56 Å². The molecule has 1 aromatic carbocycles. The number of hydrogen-bond acceptors (Lipinski definition) is 2. The largest absolute Gasteiger partial charge is 0.481 e. The van der Waals surface area contributed by atoms with Crippen molar-refractivity contribution in [3.05, 3.63) is 34.9 Å². The molecule has 0 spiro atoms. The van der Waals surface area contributed by atoms with Crippen LogP contribution in [0.15, 0.2) is 24.3 Å². The van der Waals surface area contributed by atoms with E-state index in [4.69, 9.17) is 22.4 Å². The number of rotatable bonds is 7. The quantitative estimate of drug-likeness (QED) is 0.799. The molecule has 0 aliphatic carbocycles. The molecule has 0 amide bonds. The Balaban J connectivity index is 2.31. The van der Waals surface area contributed by atoms with Gasteiger partial charge in [-0.05, 0) is 42.9 Å². The number of carboxylic acids is 1. The van der Waals surface area contributed by atoms with Gasteiger partial charge in [0.05, 0.1) is 6.42 Å². The van der Waals surface area contributed by atoms with E-state index in [9.17, 15) is 4.79 Å². The van der Waals surface area contributed by atoms with Crippen LogP contribution in [-0.2, 0) is 11.2 Å². The maximum Gasteiger partial charge on any atom is 0.304 e. The molecule has 2 atom stereocenters. The summed E-state index contributed by atoms with van der Waals surface area (Å²) < 4.78 is 0. The molecule has 4 heteroatoms. The molecule has 2 unspecified atom stereocenters. The fraction of sp³-hybridized carbons (Fsp3) is 0.500. The molecule has 0 radical (unpaired) electrons. The van der Waals surface area contributed by atoms with Crippen LogP contribution in [0.25, 0.3) is 0 Å². The number of carbonyl (C=O) groups is 1. The molecule has 0 saturated heterocycles. The molecular formula is C14H20ClNO2. The number of carboxylic acid groups (broad SMARTS) is 1. The van der Waals surface area contributed by atoms with Gasteiger partial charge in [-0.2, -0.15) is 0 Å². The molecule has 3 nitrogen and oxygen atoms in total. The van der Waals surface area contributed by atoms with Gasteiger partial charge in [-0.15, -0.1) is 0 Å². The topological polar surface area (TPSA) is 63.3 Å². The minimum atomic E-state index is -0.829. The van der Waals surface area contributed by atoms with E-state index in [1.807, 2.05) is 31.2 Å². The Morgan fingerprint density at radius 1 is 1.50 bits per heavy atom. The summed E-state index contributed by atoms with van der Waals surface area (Å²) in [6.07, 6.45) is 2.92. The first-order valence-electron chi connectivity index (χ1n) is 6.21. The highest BCUT2D eigenvalue weighted by molar-refractivity contribution is 6.30. The summed E-state index contributed by atoms with van der Waals surface area (Å²) in [6.45, 7) is 2.01. The SMILES string of the molecule is CC(CCCc1cccc(Cl)c1)C(N)CC(=O)O. The zero-order valence-electron chi connectivity index (χ0n) is 10.6. The maximum atomic E-state index is 10.6. The maximum absolute atomic E-state index is 10.6. The second kappa shape index (κ2) is 7.39. The Morgan fingerprint density at radius 2 is 2.22 bits per heavy atom. The van der Waals surface area contributed by atoms with Crippen molar-refractivity contribution in [1.82, 2.24) is 0 Å². The molecule has 0 aromatic heterocycles. The van der Waals surface area contributed by atoms with Crippen LogP contribution in [0.5, 0.6) is 0 Å². The van der Waals surface area contributed by atoms with Crippen LogP contribution in [0, 0.1) is 5.92 Å². The number of hydrogen-bond donors (Lipinski definition) is 2. The Bertz CT molecular complexity index is 395. The van der Waals surface area contributed by atoms with E-state index in [-0.39, 0.29) is 18.4 Å². The summed E-state index contributed by atoms with van der Waals surface area (Å²) in [5.74, 6) is -0.607. The summed E-state index contributed by atoms with van der Waals surface area (Å²) in [5.41, 5.74) is 7.03. The van der Waals surface area contributed by atoms with Crippen molar-refractivity contribution in [3.63, 3.8) is 0 Å². The highest BCUT2D eigenvalue weighted by atomic mass is 35.5. The second-order valence-corrected chi connectivity index (χ2v) is 5.20. The van der Waals surface area contributed by atoms with E-state index in [2.05, 4.69) is 0 Å². The predicted molar refractivity (Wildman–Crippen MR) is 73.8 cm³/mol. The first-order valence-corrected chi connectivity index (χ1v) is 6.58. The van der Waals surface area contributed by atoms with Crippen molar-refractivity contribution in [3.8, 4) is 0 Å². The third-order valence-corrected chi connectivity index (χ3v) is 3.39. The van der Waals surface area contributed by atoms with Gasteiger partial charge in [0.2, 0.25) is 0 Å². The summed E-state index contributed by atoms with van der Waals surface area (Å²) in [5, 5.41) is 9.42. The van der Waals surface area contributed by atoms with E-state index in [1.54, 1.807) is 0 Å². The van der Waals surface area contributed by atoms with Gasteiger partial charge < -0.3 is 10.8 Å². The van der Waals surface area contributed by atoms with Gasteiger partial charge in [0.1, 0.15) is 0 Å². The zero-order valence-corrected chi connectivity index (χ0v) is 11.4. The van der Waals surface area contributed by atoms with E-state index >= 15 is 0 Å². The number of aliphatic carboxylic acids is 1. The van der Waals surface area contributed by atoms with Crippen LogP contribution in [0.1, 0.15) is 31.7 Å². The summed E-state index contributed by atoms with van der Waals surface area (Å²) in [7, 11) is 0. The van der Waals surface area contributed by atoms with Crippen molar-refractivity contribution < 1.29 is 9.90 Å². The lowest BCUT2D eigenvalue weighted by Gasteiger charge is -2.17. The average molecular weight is 270 g/mol. The van der Waals surface area contributed by atoms with Crippen LogP contribution in [-0.4, -0.2) is 17.1 Å². The predicted octanol–water partition coefficient (Wildman–Crippen LogP) is 3.10. The normalized spacial score (nSPS) is 14.2. The number of nitrogens with two attached hydrogens (primary N) is 1. The van der Waals surface area contributed by atoms with Crippen molar-refractivity contribution in [2.45, 2.75) is 38.6 Å². The monoisotopic (exact) mass is 269 g/mol. The van der Waals surface area contributed by atoms with Gasteiger partial charge >= 0.3 is 5.97 Å². The van der Waals surface area contributed by atoms with Gasteiger partial charge in [0.25, 0.3) is 0 Å². The second-order valence-electron chi connectivity index (χ2n) is 4.76. The summed E-state index contributed by atoms with van der Waals surface area (Å²) in [6, 6.07) is 7.55. The van der Waals surface area contributed by atoms with Gasteiger partial charge in [0.15, 0.2) is 0 Å². The standard InChI is InChI=1S/C14H20ClNO2/c1-10(13(16)9-14(17)18)4-2-5-11-6-3-7-12(15)8-11/h3,6-8,10,13H,2,4-5,9,16H2,1H3,(H,17,18). The Morgan fingerprint density at radius 3 is 2.83 bits per heavy atom. The Labute approximate surface area is 113 Å². The molecule has 0 aliphatic heterocycles. The van der Waals surface area contributed by atoms with Gasteiger partial charge in [0, 0.05) is 11.1 Å². The van der Waals surface area contributed by atoms with Crippen molar-refractivity contribution in [2.75, 3.05) is 0 Å². The molecular weight excluding hydrogens is 250 g/mol. The minimum absolute atomic E-state index is 0.0400. The highest BCUT2D eigenvalue weighted by Crippen LogP contribution is 2.16. The van der Waals surface area contributed by atoms with Crippen molar-refractivity contribution in [1.29, 1.82) is 0 Å². The molecule has 0 fully saturated rings. The lowest BCUT2D eigenvalue weighted by molar-refractivity contribution is -0.137. The summed E-state index contributed by atoms with van der Waals surface area (Å²) >= 11 is 5.91. The highest BCUT2D eigenvalue weighted by Gasteiger charge is 2.15. The van der Waals surface area contributed by atoms with Crippen LogP contribution < -0.4 is 5.73 Å². The zero-order chi connectivity index (χ0) is 13.5. The molecule has 0 aliphatic rings. The first kappa shape index (κ1) is 15.0. The lowest BCUT2D eigenvalue weighted by Crippen LogP contribution is -2.30. The lowest BCUT2D eigenvalue weighted by atomic mass is 9.93. The molecule has 1 aromatic rings. The fourth-order valence-electron chi connectivity index (χ4n) is 1.94. The third-order valence-electron chi connectivity index (χ3n) is 3.16. The van der Waals surface area contributed by atoms with Crippen LogP contribution in [0.3, 0.4) is 0 Å². The fourth-order valence-corrected chi connectivity index (χ4v) is 2.15. The molecule has 100 valence electrons. The minimum Gasteiger partial charge on any atom is -0.481 e. The average Bonchev–Trinajstić information content (AvgIpc) is 2.28. The molecule has 0 heterocycles. The van der Waals surface area contributed by atoms with Crippen molar-refractivity contribution in [2.24, 2.45) is 11.7 Å². The first-order chi connectivity index (χ1) is 8.49. The van der Waals surface area contributed by atoms with Gasteiger partial charge in [-0.1, -0.05) is 30.7 Å². The summed E-state index contributed by atoms with van der Waals surface area (Å²) in [4.78, 5) is 10.6. The molecule has 0 saturated carbocycles. The molecule has 0 bridgehead atoms. The molecule has 3 N–H and O–H groups in total. The number of aryl methyl sites for hydroxylation is 1. The number of halogens is 1. The molecule has 18 heavy (non-hydrogen) atoms. The van der Waals surface area contributed by atoms with E-state index in [0.29, 0.717) is 0 Å². The van der Waals surface area contributed by atoms with Gasteiger partial charge in [-0.3, -0.25) is 4.79 Å². The molecule has 1 rings (SSSR count). The van der Waals surface area contributed by atoms with E-state index < -0.39 is 5.97 Å². The van der Waals surface area contributed by atoms with E-state index in [0.717, 1.165) is 24.3 Å². The Hall–Kier alpha value is -1.06. The van der Waals surface area contributed by atoms with Crippen LogP contribution in [0.2, 0.25) is 5.02 Å². The van der Waals surface area contributed by atoms with Crippen LogP contribution >= 0.6 is 11.6 Å². The van der Waals surface area contributed by atoms with Crippen molar-refractivity contribution >= 4 is 17.6 Å². The smallest absolute Gasteiger partial charge is 0.304 e. The third kappa shape index (κ3) is 5.52. The number of benzene rings is 1. The Kier molecular flexibility index (Phi) is 6.16.